The first-order valence-corrected chi connectivity index (χ1v) is 6.44. The van der Waals surface area contributed by atoms with Crippen molar-refractivity contribution in [3.63, 3.8) is 0 Å². The second-order valence-corrected chi connectivity index (χ2v) is 5.15. The monoisotopic (exact) mass is 418 g/mol. The lowest BCUT2D eigenvalue weighted by Gasteiger charge is -2.39. The topological polar surface area (TPSA) is 9.23 Å². The van der Waals surface area contributed by atoms with Gasteiger partial charge in [0, 0.05) is 5.38 Å². The van der Waals surface area contributed by atoms with Crippen LogP contribution in [0.1, 0.15) is 0 Å². The predicted octanol–water partition coefficient (Wildman–Crippen LogP) is 5.82. The number of hydrogen-bond acceptors (Lipinski definition) is 2. The Bertz CT molecular complexity index is 588. The molecule has 0 saturated carbocycles. The average molecular weight is 418 g/mol. The van der Waals surface area contributed by atoms with Gasteiger partial charge in [-0.3, -0.25) is 0 Å². The molecule has 0 unspecified atom stereocenters. The fourth-order valence-corrected chi connectivity index (χ4v) is 1.83. The number of hydrogen-bond donors (Lipinski definition) is 0. The molecule has 25 heavy (non-hydrogen) atoms. The molecule has 0 spiro atoms. The second kappa shape index (κ2) is 5.81. The highest BCUT2D eigenvalue weighted by molar-refractivity contribution is 7.08. The van der Waals surface area contributed by atoms with Crippen LogP contribution >= 0.6 is 11.3 Å². The van der Waals surface area contributed by atoms with E-state index < -0.39 is 41.7 Å². The maximum absolute atomic E-state index is 13.2. The van der Waals surface area contributed by atoms with E-state index in [1.54, 1.807) is 0 Å². The fraction of sp³-hybridized carbons (Fsp3) is 0.600. The number of thiophene rings is 1. The van der Waals surface area contributed by atoms with E-state index in [9.17, 15) is 57.1 Å². The van der Waals surface area contributed by atoms with Gasteiger partial charge in [0.2, 0.25) is 0 Å². The van der Waals surface area contributed by atoms with E-state index in [-0.39, 0.29) is 0 Å². The molecule has 1 nitrogen and oxygen atoms in total. The summed E-state index contributed by atoms with van der Waals surface area (Å²) < 4.78 is 168. The zero-order valence-electron chi connectivity index (χ0n) is 11.0. The van der Waals surface area contributed by atoms with Crippen LogP contribution in [0.15, 0.2) is 16.8 Å². The summed E-state index contributed by atoms with van der Waals surface area (Å²) in [7, 11) is 0. The number of rotatable bonds is 6. The van der Waals surface area contributed by atoms with Crippen molar-refractivity contribution >= 4 is 11.3 Å². The zero-order valence-corrected chi connectivity index (χ0v) is 11.8. The first-order chi connectivity index (χ1) is 10.8. The molecule has 0 fully saturated rings. The molecular weight excluding hydrogens is 415 g/mol. The second-order valence-electron chi connectivity index (χ2n) is 4.37. The van der Waals surface area contributed by atoms with Gasteiger partial charge in [-0.25, -0.2) is 0 Å². The Labute approximate surface area is 133 Å². The van der Waals surface area contributed by atoms with E-state index in [2.05, 4.69) is 4.74 Å². The SMILES string of the molecule is FC(F)(F)C(F)(F)C(F)(F)C(F)(F)C(F)(F)C(F)(F)Oc1ccsc1. The highest BCUT2D eigenvalue weighted by Gasteiger charge is 2.91. The standard InChI is InChI=1S/C10H3F13OS/c11-5(12,7(15,16)9(19,20)21)6(13,14)8(17,18)10(22,23)24-4-1-2-25-3-4/h1-3H. The van der Waals surface area contributed by atoms with E-state index in [1.807, 2.05) is 0 Å². The highest BCUT2D eigenvalue weighted by Crippen LogP contribution is 2.60. The number of alkyl halides is 13. The molecule has 0 N–H and O–H groups in total. The van der Waals surface area contributed by atoms with Crippen molar-refractivity contribution < 1.29 is 61.8 Å². The molecule has 0 atom stereocenters. The Hall–Kier alpha value is -1.41. The van der Waals surface area contributed by atoms with Crippen LogP contribution in [0.2, 0.25) is 0 Å². The first-order valence-electron chi connectivity index (χ1n) is 5.50. The lowest BCUT2D eigenvalue weighted by atomic mass is 9.97. The van der Waals surface area contributed by atoms with Crippen molar-refractivity contribution in [2.75, 3.05) is 0 Å². The Kier molecular flexibility index (Phi) is 5.02. The summed E-state index contributed by atoms with van der Waals surface area (Å²) in [6.45, 7) is 0. The Balaban J connectivity index is 3.37. The maximum atomic E-state index is 13.2. The van der Waals surface area contributed by atoms with Crippen molar-refractivity contribution in [1.82, 2.24) is 0 Å². The van der Waals surface area contributed by atoms with Gasteiger partial charge in [-0.2, -0.15) is 57.1 Å². The van der Waals surface area contributed by atoms with Gasteiger partial charge in [0.25, 0.3) is 0 Å². The Morgan fingerprint density at radius 2 is 1.08 bits per heavy atom. The normalized spacial score (nSPS) is 15.4. The summed E-state index contributed by atoms with van der Waals surface area (Å²) in [5.74, 6) is -32.2. The van der Waals surface area contributed by atoms with Crippen molar-refractivity contribution in [2.45, 2.75) is 36.0 Å². The largest absolute Gasteiger partial charge is 0.471 e. The minimum absolute atomic E-state index is 0.495. The molecule has 0 aliphatic rings. The summed E-state index contributed by atoms with van der Waals surface area (Å²) in [5, 5.41) is 1.42. The van der Waals surface area contributed by atoms with Gasteiger partial charge in [-0.1, -0.05) is 0 Å². The number of halogens is 13. The summed E-state index contributed by atoms with van der Waals surface area (Å²) in [6.07, 6.45) is -14.0. The van der Waals surface area contributed by atoms with Crippen LogP contribution in [-0.2, 0) is 0 Å². The van der Waals surface area contributed by atoms with E-state index >= 15 is 0 Å². The first kappa shape index (κ1) is 21.6. The zero-order chi connectivity index (χ0) is 20.1. The molecule has 15 heteroatoms. The van der Waals surface area contributed by atoms with Crippen molar-refractivity contribution in [3.8, 4) is 5.75 Å². The molecule has 0 aromatic carbocycles. The van der Waals surface area contributed by atoms with Crippen LogP contribution in [0.25, 0.3) is 0 Å². The van der Waals surface area contributed by atoms with Gasteiger partial charge in [-0.15, -0.1) is 11.3 Å². The summed E-state index contributed by atoms with van der Waals surface area (Å²) >= 11 is 0.504. The van der Waals surface area contributed by atoms with E-state index in [0.717, 1.165) is 5.38 Å². The van der Waals surface area contributed by atoms with Gasteiger partial charge in [-0.05, 0) is 11.4 Å². The molecule has 0 radical (unpaired) electrons. The van der Waals surface area contributed by atoms with Crippen LogP contribution in [0.5, 0.6) is 5.75 Å². The van der Waals surface area contributed by atoms with Crippen molar-refractivity contribution in [1.29, 1.82) is 0 Å². The molecule has 0 aliphatic heterocycles. The van der Waals surface area contributed by atoms with Crippen LogP contribution in [0, 0.1) is 0 Å². The summed E-state index contributed by atoms with van der Waals surface area (Å²) in [6, 6.07) is 0.495. The lowest BCUT2D eigenvalue weighted by Crippen LogP contribution is -2.70. The average Bonchev–Trinajstić information content (AvgIpc) is 2.88. The molecule has 0 saturated heterocycles. The summed E-state index contributed by atoms with van der Waals surface area (Å²) in [5.41, 5.74) is 0. The lowest BCUT2D eigenvalue weighted by molar-refractivity contribution is -0.456. The van der Waals surface area contributed by atoms with Gasteiger partial charge in [0.05, 0.1) is 0 Å². The Morgan fingerprint density at radius 1 is 0.640 bits per heavy atom. The smallest absolute Gasteiger partial charge is 0.427 e. The maximum Gasteiger partial charge on any atom is 0.471 e. The van der Waals surface area contributed by atoms with Crippen LogP contribution in [0.4, 0.5) is 57.1 Å². The fourth-order valence-electron chi connectivity index (χ4n) is 1.28. The molecule has 146 valence electrons. The highest BCUT2D eigenvalue weighted by atomic mass is 32.1. The molecule has 0 aliphatic carbocycles. The minimum Gasteiger partial charge on any atom is -0.427 e. The molecule has 0 bridgehead atoms. The minimum atomic E-state index is -7.93. The molecular formula is C10H3F13OS. The molecule has 1 aromatic heterocycles. The van der Waals surface area contributed by atoms with Gasteiger partial charge >= 0.3 is 36.0 Å². The van der Waals surface area contributed by atoms with Gasteiger partial charge in [0.15, 0.2) is 0 Å². The van der Waals surface area contributed by atoms with E-state index in [4.69, 9.17) is 0 Å². The van der Waals surface area contributed by atoms with Crippen LogP contribution in [0.3, 0.4) is 0 Å². The van der Waals surface area contributed by atoms with Crippen LogP contribution in [-0.4, -0.2) is 36.0 Å². The third kappa shape index (κ3) is 3.10. The molecule has 1 rings (SSSR count). The molecule has 1 heterocycles. The Morgan fingerprint density at radius 3 is 1.44 bits per heavy atom. The van der Waals surface area contributed by atoms with Crippen molar-refractivity contribution in [2.24, 2.45) is 0 Å². The number of ether oxygens (including phenoxy) is 1. The quantitative estimate of drug-likeness (QED) is 0.529. The van der Waals surface area contributed by atoms with E-state index in [0.29, 0.717) is 22.8 Å². The predicted molar refractivity (Wildman–Crippen MR) is 55.7 cm³/mol. The third-order valence-electron chi connectivity index (χ3n) is 2.65. The summed E-state index contributed by atoms with van der Waals surface area (Å²) in [4.78, 5) is 0. The van der Waals surface area contributed by atoms with Crippen molar-refractivity contribution in [3.05, 3.63) is 16.8 Å². The van der Waals surface area contributed by atoms with Gasteiger partial charge in [0.1, 0.15) is 5.75 Å². The van der Waals surface area contributed by atoms with Gasteiger partial charge < -0.3 is 4.74 Å². The van der Waals surface area contributed by atoms with E-state index in [1.165, 1.54) is 0 Å². The third-order valence-corrected chi connectivity index (χ3v) is 3.31. The molecule has 0 amide bonds. The van der Waals surface area contributed by atoms with Crippen LogP contribution < -0.4 is 4.74 Å². The molecule has 1 aromatic rings.